The number of hydrogen-bond acceptors (Lipinski definition) is 5. The molecule has 7 heteroatoms. The van der Waals surface area contributed by atoms with Crippen LogP contribution >= 0.6 is 15.9 Å². The lowest BCUT2D eigenvalue weighted by molar-refractivity contribution is -0.152. The van der Waals surface area contributed by atoms with Gasteiger partial charge in [0.05, 0.1) is 39.6 Å². The molecular weight excluding hydrogens is 680 g/mol. The van der Waals surface area contributed by atoms with Crippen molar-refractivity contribution in [3.05, 3.63) is 154 Å². The molecule has 0 saturated heterocycles. The van der Waals surface area contributed by atoms with Crippen molar-refractivity contribution < 1.29 is 23.4 Å². The molecule has 0 amide bonds. The molecule has 0 aromatic heterocycles. The van der Waals surface area contributed by atoms with Gasteiger partial charge >= 0.3 is 0 Å². The van der Waals surface area contributed by atoms with Crippen molar-refractivity contribution in [2.24, 2.45) is 0 Å². The Labute approximate surface area is 297 Å². The van der Waals surface area contributed by atoms with Crippen LogP contribution in [0.2, 0.25) is 18.1 Å². The van der Waals surface area contributed by atoms with Crippen molar-refractivity contribution in [3.8, 4) is 0 Å². The molecule has 0 fully saturated rings. The van der Waals surface area contributed by atoms with Crippen LogP contribution in [0.15, 0.2) is 132 Å². The summed E-state index contributed by atoms with van der Waals surface area (Å²) in [5.41, 5.74) is 5.25. The third-order valence-corrected chi connectivity index (χ3v) is 13.9. The van der Waals surface area contributed by atoms with E-state index < -0.39 is 26.6 Å². The minimum Gasteiger partial charge on any atom is -0.414 e. The monoisotopic (exact) mass is 730 g/mol. The zero-order chi connectivity index (χ0) is 34.2. The van der Waals surface area contributed by atoms with Crippen LogP contribution in [0.4, 0.5) is 0 Å². The summed E-state index contributed by atoms with van der Waals surface area (Å²) < 4.78 is 33.7. The van der Waals surface area contributed by atoms with E-state index in [4.69, 9.17) is 23.4 Å². The van der Waals surface area contributed by atoms with Crippen LogP contribution in [0, 0.1) is 0 Å². The quantitative estimate of drug-likeness (QED) is 0.0899. The van der Waals surface area contributed by atoms with E-state index in [-0.39, 0.29) is 5.04 Å². The van der Waals surface area contributed by atoms with Gasteiger partial charge in [-0.25, -0.2) is 0 Å². The summed E-state index contributed by atoms with van der Waals surface area (Å²) in [6.45, 7) is 13.7. The van der Waals surface area contributed by atoms with Crippen molar-refractivity contribution in [1.82, 2.24) is 0 Å². The van der Waals surface area contributed by atoms with Gasteiger partial charge in [-0.2, -0.15) is 0 Å². The van der Waals surface area contributed by atoms with Crippen LogP contribution in [0.25, 0.3) is 0 Å². The maximum Gasteiger partial charge on any atom is 0.192 e. The van der Waals surface area contributed by atoms with Crippen molar-refractivity contribution in [3.63, 3.8) is 0 Å². The Hall–Kier alpha value is -2.88. The highest BCUT2D eigenvalue weighted by Gasteiger charge is 2.41. The highest BCUT2D eigenvalue weighted by Crippen LogP contribution is 2.37. The van der Waals surface area contributed by atoms with Gasteiger partial charge in [-0.15, -0.1) is 0 Å². The van der Waals surface area contributed by atoms with Crippen molar-refractivity contribution in [1.29, 1.82) is 0 Å². The molecule has 3 atom stereocenters. The number of hydrogen-bond donors (Lipinski definition) is 0. The summed E-state index contributed by atoms with van der Waals surface area (Å²) in [4.78, 5) is 1.91. The lowest BCUT2D eigenvalue weighted by Crippen LogP contribution is -2.50. The molecule has 0 saturated carbocycles. The lowest BCUT2D eigenvalue weighted by Gasteiger charge is -2.40. The Kier molecular flexibility index (Phi) is 15.3. The van der Waals surface area contributed by atoms with Crippen LogP contribution in [-0.2, 0) is 49.8 Å². The highest BCUT2D eigenvalue weighted by atomic mass is 79.9. The van der Waals surface area contributed by atoms with Gasteiger partial charge in [-0.05, 0) is 50.9 Å². The van der Waals surface area contributed by atoms with Gasteiger partial charge in [0, 0.05) is 0 Å². The minimum absolute atomic E-state index is 0.0345. The molecule has 0 aliphatic rings. The van der Waals surface area contributed by atoms with Gasteiger partial charge in [0.25, 0.3) is 0 Å². The van der Waals surface area contributed by atoms with Gasteiger partial charge in [0.2, 0.25) is 0 Å². The summed E-state index contributed by atoms with van der Waals surface area (Å²) in [7, 11) is -2.13. The molecule has 0 unspecified atom stereocenters. The molecular formula is C41H51BrO5Si. The molecule has 256 valence electrons. The Morgan fingerprint density at radius 2 is 1.04 bits per heavy atom. The molecule has 4 rings (SSSR count). The normalized spacial score (nSPS) is 14.4. The molecule has 0 N–H and O–H groups in total. The van der Waals surface area contributed by atoms with Gasteiger partial charge in [0.15, 0.2) is 8.32 Å². The second-order valence-electron chi connectivity index (χ2n) is 13.5. The van der Waals surface area contributed by atoms with E-state index in [1.807, 2.05) is 77.8 Å². The van der Waals surface area contributed by atoms with E-state index in [0.717, 1.165) is 27.8 Å². The SMILES string of the molecule is CC(C)(C)[Si](C)(C)OC[C@H](OCc1ccccc1)[C@@H](OCc1ccccc1)[C@H](OCc1ccccc1)/C(=C\Br)COCc1ccccc1. The van der Waals surface area contributed by atoms with Crippen molar-refractivity contribution in [2.75, 3.05) is 13.2 Å². The summed E-state index contributed by atoms with van der Waals surface area (Å²) in [6, 6.07) is 40.9. The second kappa shape index (κ2) is 19.3. The van der Waals surface area contributed by atoms with E-state index in [2.05, 4.69) is 98.3 Å². The summed E-state index contributed by atoms with van der Waals surface area (Å²) in [5.74, 6) is 0. The third-order valence-electron chi connectivity index (χ3n) is 8.83. The summed E-state index contributed by atoms with van der Waals surface area (Å²) in [6.07, 6.45) is -1.47. The first-order chi connectivity index (χ1) is 23.2. The fourth-order valence-electron chi connectivity index (χ4n) is 4.89. The van der Waals surface area contributed by atoms with E-state index in [1.54, 1.807) is 0 Å². The Bertz CT molecular complexity index is 1480. The first-order valence-electron chi connectivity index (χ1n) is 16.7. The van der Waals surface area contributed by atoms with Gasteiger partial charge in [-0.1, -0.05) is 158 Å². The lowest BCUT2D eigenvalue weighted by atomic mass is 10.0. The van der Waals surface area contributed by atoms with Crippen LogP contribution in [0.3, 0.4) is 0 Å². The number of rotatable bonds is 19. The van der Waals surface area contributed by atoms with Crippen LogP contribution in [0.5, 0.6) is 0 Å². The Morgan fingerprint density at radius 3 is 1.48 bits per heavy atom. The smallest absolute Gasteiger partial charge is 0.192 e. The molecule has 48 heavy (non-hydrogen) atoms. The minimum atomic E-state index is -2.13. The van der Waals surface area contributed by atoms with Crippen molar-refractivity contribution in [2.45, 2.75) is 83.6 Å². The van der Waals surface area contributed by atoms with Gasteiger partial charge in [-0.3, -0.25) is 0 Å². The zero-order valence-electron chi connectivity index (χ0n) is 29.0. The third kappa shape index (κ3) is 12.2. The Morgan fingerprint density at radius 1 is 0.625 bits per heavy atom. The average Bonchev–Trinajstić information content (AvgIpc) is 3.10. The zero-order valence-corrected chi connectivity index (χ0v) is 31.6. The molecule has 0 bridgehead atoms. The molecule has 0 radical (unpaired) electrons. The highest BCUT2D eigenvalue weighted by molar-refractivity contribution is 9.11. The largest absolute Gasteiger partial charge is 0.414 e. The Balaban J connectivity index is 1.69. The predicted octanol–water partition coefficient (Wildman–Crippen LogP) is 10.3. The van der Waals surface area contributed by atoms with Crippen LogP contribution in [-0.4, -0.2) is 39.8 Å². The summed E-state index contributed by atoms with van der Waals surface area (Å²) >= 11 is 3.67. The van der Waals surface area contributed by atoms with Crippen LogP contribution < -0.4 is 0 Å². The molecule has 0 aliphatic heterocycles. The van der Waals surface area contributed by atoms with E-state index >= 15 is 0 Å². The van der Waals surface area contributed by atoms with E-state index in [9.17, 15) is 0 Å². The first kappa shape index (κ1) is 37.9. The number of halogens is 1. The summed E-state index contributed by atoms with van der Waals surface area (Å²) in [5, 5.41) is 0.0345. The molecule has 4 aromatic carbocycles. The predicted molar refractivity (Wildman–Crippen MR) is 201 cm³/mol. The molecule has 5 nitrogen and oxygen atoms in total. The second-order valence-corrected chi connectivity index (χ2v) is 18.8. The average molecular weight is 732 g/mol. The number of ether oxygens (including phenoxy) is 4. The molecule has 4 aromatic rings. The topological polar surface area (TPSA) is 46.2 Å². The van der Waals surface area contributed by atoms with Gasteiger partial charge < -0.3 is 23.4 Å². The molecule has 0 aliphatic carbocycles. The maximum absolute atomic E-state index is 6.90. The number of benzene rings is 4. The molecule has 0 spiro atoms. The first-order valence-corrected chi connectivity index (χ1v) is 20.5. The molecule has 0 heterocycles. The fraction of sp³-hybridized carbons (Fsp3) is 0.366. The van der Waals surface area contributed by atoms with Gasteiger partial charge in [0.1, 0.15) is 18.3 Å². The van der Waals surface area contributed by atoms with Crippen LogP contribution in [0.1, 0.15) is 43.0 Å². The maximum atomic E-state index is 6.90. The van der Waals surface area contributed by atoms with E-state index in [0.29, 0.717) is 39.6 Å². The fourth-order valence-corrected chi connectivity index (χ4v) is 6.30. The van der Waals surface area contributed by atoms with Crippen molar-refractivity contribution >= 4 is 24.2 Å². The standard InChI is InChI=1S/C41H51BrO5Si/c1-41(2,3)48(4,5)47-32-38(44-28-34-20-12-7-13-21-34)40(46-30-36-24-16-9-17-25-36)39(45-29-35-22-14-8-15-23-35)37(26-42)31-43-27-33-18-10-6-11-19-33/h6-26,38-40H,27-32H2,1-5H3/b37-26-/t38-,39+,40+/m0/s1. The van der Waals surface area contributed by atoms with E-state index in [1.165, 1.54) is 0 Å².